The van der Waals surface area contributed by atoms with Crippen molar-refractivity contribution < 1.29 is 31.5 Å². The third-order valence-electron chi connectivity index (χ3n) is 7.41. The first kappa shape index (κ1) is 38.4. The number of benzene rings is 3. The van der Waals surface area contributed by atoms with Crippen LogP contribution >= 0.6 is 11.3 Å². The first-order valence-electron chi connectivity index (χ1n) is 15.5. The highest BCUT2D eigenvalue weighted by Crippen LogP contribution is 2.32. The van der Waals surface area contributed by atoms with Crippen LogP contribution in [0.15, 0.2) is 78.2 Å². The molecule has 0 spiro atoms. The summed E-state index contributed by atoms with van der Waals surface area (Å²) in [6, 6.07) is 19.1. The van der Waals surface area contributed by atoms with Crippen LogP contribution in [0.25, 0.3) is 0 Å². The number of thiazole rings is 1. The van der Waals surface area contributed by atoms with E-state index in [1.807, 2.05) is 18.2 Å². The van der Waals surface area contributed by atoms with Gasteiger partial charge in [-0.2, -0.15) is 13.2 Å². The van der Waals surface area contributed by atoms with E-state index in [1.165, 1.54) is 42.1 Å². The number of rotatable bonds is 10. The second-order valence-corrected chi connectivity index (χ2v) is 12.3. The van der Waals surface area contributed by atoms with Gasteiger partial charge in [0, 0.05) is 40.9 Å². The zero-order valence-electron chi connectivity index (χ0n) is 27.2. The minimum Gasteiger partial charge on any atom is -0.352 e. The lowest BCUT2D eigenvalue weighted by Crippen LogP contribution is -2.27. The average molecular weight is 689 g/mol. The zero-order chi connectivity index (χ0) is 35.1. The Morgan fingerprint density at radius 1 is 1.04 bits per heavy atom. The average Bonchev–Trinajstić information content (AvgIpc) is 3.70. The standard InChI is InChI=1S/C20H19F5N2O2.C9H14N2S.C7H8/c21-18(22)15-7-14(12-28)8-16(10-15)19(29)27-6-2-5-26-11-13-3-1-4-17(9-13)20(23,24)25;1-7-6-12-9(10-7)8-4-3-5-11(8)2;1-7-5-3-2-4-6-7/h1,3-4,7-10,12,18,26H,2,5-6,11H2,(H,27,29);6,8H,3-5H2,1-2H3;2-6H,1H3. The lowest BCUT2D eigenvalue weighted by atomic mass is 10.1. The summed E-state index contributed by atoms with van der Waals surface area (Å²) < 4.78 is 63.7. The van der Waals surface area contributed by atoms with Crippen LogP contribution < -0.4 is 10.6 Å². The van der Waals surface area contributed by atoms with Crippen molar-refractivity contribution in [1.82, 2.24) is 20.5 Å². The van der Waals surface area contributed by atoms with Gasteiger partial charge in [-0.3, -0.25) is 14.5 Å². The molecule has 2 N–H and O–H groups in total. The van der Waals surface area contributed by atoms with Crippen molar-refractivity contribution >= 4 is 23.5 Å². The molecule has 0 bridgehead atoms. The van der Waals surface area contributed by atoms with Gasteiger partial charge in [0.05, 0.1) is 11.6 Å². The Balaban J connectivity index is 0.000000264. The van der Waals surface area contributed by atoms with E-state index in [1.54, 1.807) is 17.4 Å². The lowest BCUT2D eigenvalue weighted by Gasteiger charge is -2.16. The fraction of sp³-hybridized carbons (Fsp3) is 0.361. The molecule has 1 aliphatic rings. The molecule has 4 aromatic rings. The molecular weight excluding hydrogens is 647 g/mol. The van der Waals surface area contributed by atoms with Crippen molar-refractivity contribution in [2.45, 2.75) is 58.3 Å². The molecule has 1 fully saturated rings. The Bertz CT molecular complexity index is 1580. The van der Waals surface area contributed by atoms with Crippen LogP contribution in [0, 0.1) is 13.8 Å². The smallest absolute Gasteiger partial charge is 0.352 e. The number of carbonyl (C=O) groups excluding carboxylic acids is 2. The van der Waals surface area contributed by atoms with Gasteiger partial charge in [0.15, 0.2) is 0 Å². The number of hydrogen-bond donors (Lipinski definition) is 2. The van der Waals surface area contributed by atoms with Gasteiger partial charge in [0.1, 0.15) is 11.3 Å². The number of halogens is 5. The molecular formula is C36H41F5N4O2S. The maximum Gasteiger partial charge on any atom is 0.416 e. The fourth-order valence-electron chi connectivity index (χ4n) is 4.89. The summed E-state index contributed by atoms with van der Waals surface area (Å²) in [7, 11) is 2.19. The number of hydrogen-bond acceptors (Lipinski definition) is 6. The quantitative estimate of drug-likeness (QED) is 0.0993. The Kier molecular flexibility index (Phi) is 15.3. The second-order valence-electron chi connectivity index (χ2n) is 11.4. The predicted octanol–water partition coefficient (Wildman–Crippen LogP) is 8.58. The first-order chi connectivity index (χ1) is 22.9. The van der Waals surface area contributed by atoms with Crippen molar-refractivity contribution in [1.29, 1.82) is 0 Å². The number of aromatic nitrogens is 1. The van der Waals surface area contributed by atoms with Crippen LogP contribution in [-0.4, -0.2) is 48.8 Å². The monoisotopic (exact) mass is 688 g/mol. The topological polar surface area (TPSA) is 74.3 Å². The summed E-state index contributed by atoms with van der Waals surface area (Å²) in [6.45, 7) is 6.26. The molecule has 1 aromatic heterocycles. The lowest BCUT2D eigenvalue weighted by molar-refractivity contribution is -0.137. The Labute approximate surface area is 282 Å². The minimum atomic E-state index is -4.40. The molecule has 0 saturated carbocycles. The van der Waals surface area contributed by atoms with E-state index >= 15 is 0 Å². The molecule has 12 heteroatoms. The molecule has 1 amide bonds. The summed E-state index contributed by atoms with van der Waals surface area (Å²) in [6.07, 6.45) is -3.74. The highest BCUT2D eigenvalue weighted by Gasteiger charge is 2.30. The molecule has 5 rings (SSSR count). The van der Waals surface area contributed by atoms with E-state index in [0.717, 1.165) is 30.0 Å². The number of amides is 1. The molecule has 1 aliphatic heterocycles. The van der Waals surface area contributed by atoms with Crippen LogP contribution in [-0.2, 0) is 12.7 Å². The maximum absolute atomic E-state index is 12.8. The van der Waals surface area contributed by atoms with Crippen LogP contribution in [0.3, 0.4) is 0 Å². The SMILES string of the molecule is Cc1ccccc1.Cc1csc(C2CCCN2C)n1.O=Cc1cc(C(=O)NCCCNCc2cccc(C(F)(F)F)c2)cc(C(F)F)c1. The highest BCUT2D eigenvalue weighted by atomic mass is 32.1. The summed E-state index contributed by atoms with van der Waals surface area (Å²) in [5, 5.41) is 8.97. The fourth-order valence-corrected chi connectivity index (χ4v) is 5.89. The van der Waals surface area contributed by atoms with E-state index in [0.29, 0.717) is 30.9 Å². The molecule has 48 heavy (non-hydrogen) atoms. The normalized spacial score (nSPS) is 14.5. The summed E-state index contributed by atoms with van der Waals surface area (Å²) in [5.74, 6) is -0.589. The van der Waals surface area contributed by atoms with Gasteiger partial charge in [-0.15, -0.1) is 11.3 Å². The summed E-state index contributed by atoms with van der Waals surface area (Å²) in [4.78, 5) is 29.8. The van der Waals surface area contributed by atoms with Gasteiger partial charge in [-0.05, 0) is 83.1 Å². The number of aryl methyl sites for hydroxylation is 2. The van der Waals surface area contributed by atoms with Crippen molar-refractivity contribution in [2.75, 3.05) is 26.7 Å². The van der Waals surface area contributed by atoms with Crippen molar-refractivity contribution in [3.63, 3.8) is 0 Å². The van der Waals surface area contributed by atoms with E-state index in [4.69, 9.17) is 0 Å². The number of carbonyl (C=O) groups is 2. The van der Waals surface area contributed by atoms with Crippen molar-refractivity contribution in [2.24, 2.45) is 0 Å². The maximum atomic E-state index is 12.8. The Morgan fingerprint density at radius 3 is 2.35 bits per heavy atom. The molecule has 1 atom stereocenters. The van der Waals surface area contributed by atoms with Gasteiger partial charge in [-0.1, -0.05) is 54.1 Å². The largest absolute Gasteiger partial charge is 0.416 e. The third-order valence-corrected chi connectivity index (χ3v) is 8.47. The van der Waals surface area contributed by atoms with Gasteiger partial charge >= 0.3 is 6.18 Å². The van der Waals surface area contributed by atoms with Gasteiger partial charge in [0.25, 0.3) is 12.3 Å². The molecule has 258 valence electrons. The third kappa shape index (κ3) is 12.9. The number of nitrogens with one attached hydrogen (secondary N) is 2. The molecule has 0 radical (unpaired) electrons. The second kappa shape index (κ2) is 19.1. The van der Waals surface area contributed by atoms with Gasteiger partial charge in [0.2, 0.25) is 0 Å². The number of aldehydes is 1. The zero-order valence-corrected chi connectivity index (χ0v) is 28.0. The first-order valence-corrected chi connectivity index (χ1v) is 16.4. The van der Waals surface area contributed by atoms with E-state index < -0.39 is 29.6 Å². The molecule has 6 nitrogen and oxygen atoms in total. The Hall–Kier alpha value is -4.00. The van der Waals surface area contributed by atoms with Crippen molar-refractivity contribution in [3.05, 3.63) is 122 Å². The van der Waals surface area contributed by atoms with Gasteiger partial charge < -0.3 is 10.6 Å². The predicted molar refractivity (Wildman–Crippen MR) is 180 cm³/mol. The summed E-state index contributed by atoms with van der Waals surface area (Å²) >= 11 is 1.80. The van der Waals surface area contributed by atoms with Crippen LogP contribution in [0.2, 0.25) is 0 Å². The highest BCUT2D eigenvalue weighted by molar-refractivity contribution is 7.09. The van der Waals surface area contributed by atoms with Crippen molar-refractivity contribution in [3.8, 4) is 0 Å². The number of alkyl halides is 5. The number of likely N-dealkylation sites (tertiary alicyclic amines) is 1. The van der Waals surface area contributed by atoms with Crippen LogP contribution in [0.4, 0.5) is 22.0 Å². The van der Waals surface area contributed by atoms with E-state index in [-0.39, 0.29) is 24.2 Å². The minimum absolute atomic E-state index is 0.0179. The Morgan fingerprint density at radius 2 is 1.79 bits per heavy atom. The van der Waals surface area contributed by atoms with E-state index in [2.05, 4.69) is 58.9 Å². The molecule has 0 aliphatic carbocycles. The van der Waals surface area contributed by atoms with Crippen LogP contribution in [0.5, 0.6) is 0 Å². The molecule has 3 aromatic carbocycles. The molecule has 1 unspecified atom stereocenters. The molecule has 1 saturated heterocycles. The molecule has 2 heterocycles. The van der Waals surface area contributed by atoms with Crippen LogP contribution in [0.1, 0.15) is 85.4 Å². The number of nitrogens with zero attached hydrogens (tertiary/aromatic N) is 2. The summed E-state index contributed by atoms with van der Waals surface area (Å²) in [5.41, 5.74) is 1.77. The van der Waals surface area contributed by atoms with E-state index in [9.17, 15) is 31.5 Å². The van der Waals surface area contributed by atoms with Gasteiger partial charge in [-0.25, -0.2) is 13.8 Å².